The molecule has 0 spiro atoms. The normalized spacial score (nSPS) is 11.0. The van der Waals surface area contributed by atoms with E-state index in [0.717, 1.165) is 7.05 Å². The second kappa shape index (κ2) is 2.30. The van der Waals surface area contributed by atoms with Crippen LogP contribution >= 0.6 is 12.2 Å². The average Bonchev–Trinajstić information content (AvgIpc) is 1.62. The average molecular weight is 143 g/mol. The summed E-state index contributed by atoms with van der Waals surface area (Å²) in [6, 6.07) is 0. The highest BCUT2D eigenvalue weighted by atomic mass is 32.1. The lowest BCUT2D eigenvalue weighted by molar-refractivity contribution is -0.0588. The summed E-state index contributed by atoms with van der Waals surface area (Å²) in [5, 5.41) is 1.81. The molecule has 0 aliphatic heterocycles. The molecule has 0 unspecified atom stereocenters. The number of halogens is 3. The Hall–Kier alpha value is -0.320. The van der Waals surface area contributed by atoms with Crippen LogP contribution in [0.1, 0.15) is 0 Å². The predicted octanol–water partition coefficient (Wildman–Crippen LogP) is 1.10. The first-order valence-corrected chi connectivity index (χ1v) is 2.18. The van der Waals surface area contributed by atoms with Crippen LogP contribution < -0.4 is 5.32 Å². The van der Waals surface area contributed by atoms with Gasteiger partial charge in [-0.25, -0.2) is 0 Å². The quantitative estimate of drug-likeness (QED) is 0.509. The van der Waals surface area contributed by atoms with E-state index >= 15 is 0 Å². The molecular weight excluding hydrogens is 139 g/mol. The van der Waals surface area contributed by atoms with Gasteiger partial charge < -0.3 is 5.32 Å². The maximum Gasteiger partial charge on any atom is 0.441 e. The molecule has 1 nitrogen and oxygen atoms in total. The molecule has 0 fully saturated rings. The van der Waals surface area contributed by atoms with Crippen LogP contribution in [0, 0.1) is 0 Å². The van der Waals surface area contributed by atoms with Crippen molar-refractivity contribution in [2.45, 2.75) is 6.18 Å². The second-order valence-corrected chi connectivity index (χ2v) is 1.49. The molecule has 0 aromatic heterocycles. The Balaban J connectivity index is 3.82. The van der Waals surface area contributed by atoms with Gasteiger partial charge in [0.05, 0.1) is 0 Å². The standard InChI is InChI=1S/C3H4F3NS/c1-7-2(8)3(4,5)6/h1H3,(H,7,8). The van der Waals surface area contributed by atoms with Gasteiger partial charge in [0.25, 0.3) is 0 Å². The zero-order chi connectivity index (χ0) is 6.78. The Labute approximate surface area is 49.9 Å². The summed E-state index contributed by atoms with van der Waals surface area (Å²) < 4.78 is 33.7. The zero-order valence-electron chi connectivity index (χ0n) is 4.04. The molecule has 0 aromatic rings. The van der Waals surface area contributed by atoms with Gasteiger partial charge in [-0.15, -0.1) is 0 Å². The zero-order valence-corrected chi connectivity index (χ0v) is 4.86. The minimum Gasteiger partial charge on any atom is -0.375 e. The van der Waals surface area contributed by atoms with Crippen molar-refractivity contribution in [2.75, 3.05) is 7.05 Å². The van der Waals surface area contributed by atoms with E-state index in [4.69, 9.17) is 0 Å². The maximum absolute atomic E-state index is 11.2. The van der Waals surface area contributed by atoms with Gasteiger partial charge in [0.15, 0.2) is 4.99 Å². The van der Waals surface area contributed by atoms with Crippen molar-refractivity contribution in [3.63, 3.8) is 0 Å². The first-order chi connectivity index (χ1) is 3.48. The van der Waals surface area contributed by atoms with Crippen LogP contribution in [0.3, 0.4) is 0 Å². The summed E-state index contributed by atoms with van der Waals surface area (Å²) in [4.78, 5) is -1.09. The van der Waals surface area contributed by atoms with Gasteiger partial charge in [-0.05, 0) is 0 Å². The molecule has 0 saturated carbocycles. The first-order valence-electron chi connectivity index (χ1n) is 1.77. The van der Waals surface area contributed by atoms with E-state index in [2.05, 4.69) is 12.2 Å². The van der Waals surface area contributed by atoms with Crippen LogP contribution in [0.15, 0.2) is 0 Å². The minimum absolute atomic E-state index is 1.09. The molecule has 0 radical (unpaired) electrons. The highest BCUT2D eigenvalue weighted by molar-refractivity contribution is 7.80. The second-order valence-electron chi connectivity index (χ2n) is 1.08. The summed E-state index contributed by atoms with van der Waals surface area (Å²) in [7, 11) is 1.13. The van der Waals surface area contributed by atoms with Gasteiger partial charge in [0.2, 0.25) is 0 Å². The lowest BCUT2D eigenvalue weighted by Gasteiger charge is -2.04. The molecule has 0 aromatic carbocycles. The van der Waals surface area contributed by atoms with Crippen LogP contribution in [0.2, 0.25) is 0 Å². The third kappa shape index (κ3) is 2.11. The van der Waals surface area contributed by atoms with Gasteiger partial charge in [-0.1, -0.05) is 12.2 Å². The third-order valence-corrected chi connectivity index (χ3v) is 0.920. The van der Waals surface area contributed by atoms with Gasteiger partial charge in [-0.3, -0.25) is 0 Å². The van der Waals surface area contributed by atoms with E-state index in [0.29, 0.717) is 0 Å². The fourth-order valence-corrected chi connectivity index (χ4v) is 0.142. The molecule has 0 heterocycles. The monoisotopic (exact) mass is 143 g/mol. The van der Waals surface area contributed by atoms with Crippen molar-refractivity contribution >= 4 is 17.2 Å². The molecule has 48 valence electrons. The van der Waals surface area contributed by atoms with Gasteiger partial charge in [-0.2, -0.15) is 13.2 Å². The Morgan fingerprint density at radius 1 is 1.50 bits per heavy atom. The Morgan fingerprint density at radius 2 is 1.88 bits per heavy atom. The Morgan fingerprint density at radius 3 is 1.88 bits per heavy atom. The molecule has 1 N–H and O–H groups in total. The molecule has 0 rings (SSSR count). The Bertz CT molecular complexity index is 97.2. The van der Waals surface area contributed by atoms with Gasteiger partial charge in [0.1, 0.15) is 0 Å². The highest BCUT2D eigenvalue weighted by Crippen LogP contribution is 2.14. The number of alkyl halides is 3. The molecule has 0 aliphatic carbocycles. The third-order valence-electron chi connectivity index (χ3n) is 0.485. The molecule has 0 aliphatic rings. The summed E-state index contributed by atoms with van der Waals surface area (Å²) in [5.74, 6) is 0. The molecule has 5 heteroatoms. The van der Waals surface area contributed by atoms with E-state index in [1.807, 2.05) is 5.32 Å². The number of hydrogen-bond donors (Lipinski definition) is 1. The van der Waals surface area contributed by atoms with Gasteiger partial charge in [0, 0.05) is 7.05 Å². The van der Waals surface area contributed by atoms with Crippen molar-refractivity contribution in [2.24, 2.45) is 0 Å². The van der Waals surface area contributed by atoms with Crippen molar-refractivity contribution in [1.82, 2.24) is 5.32 Å². The van der Waals surface area contributed by atoms with E-state index in [9.17, 15) is 13.2 Å². The fraction of sp³-hybridized carbons (Fsp3) is 0.667. The highest BCUT2D eigenvalue weighted by Gasteiger charge is 2.32. The molecule has 0 saturated heterocycles. The minimum atomic E-state index is -4.37. The smallest absolute Gasteiger partial charge is 0.375 e. The van der Waals surface area contributed by atoms with E-state index < -0.39 is 11.2 Å². The van der Waals surface area contributed by atoms with Crippen molar-refractivity contribution in [3.05, 3.63) is 0 Å². The van der Waals surface area contributed by atoms with Crippen LogP contribution in [-0.4, -0.2) is 18.2 Å². The van der Waals surface area contributed by atoms with Crippen molar-refractivity contribution < 1.29 is 13.2 Å². The van der Waals surface area contributed by atoms with Crippen LogP contribution in [0.5, 0.6) is 0 Å². The van der Waals surface area contributed by atoms with E-state index in [1.54, 1.807) is 0 Å². The number of rotatable bonds is 0. The topological polar surface area (TPSA) is 12.0 Å². The van der Waals surface area contributed by atoms with Crippen LogP contribution in [0.4, 0.5) is 13.2 Å². The number of nitrogens with one attached hydrogen (secondary N) is 1. The van der Waals surface area contributed by atoms with Crippen LogP contribution in [0.25, 0.3) is 0 Å². The molecular formula is C3H4F3NS. The summed E-state index contributed by atoms with van der Waals surface area (Å²) in [6.45, 7) is 0. The van der Waals surface area contributed by atoms with Gasteiger partial charge >= 0.3 is 6.18 Å². The lowest BCUT2D eigenvalue weighted by Crippen LogP contribution is -2.31. The molecule has 8 heavy (non-hydrogen) atoms. The maximum atomic E-state index is 11.2. The fourth-order valence-electron chi connectivity index (χ4n) is 0.142. The molecule has 0 amide bonds. The Kier molecular flexibility index (Phi) is 2.21. The SMILES string of the molecule is CNC(=S)C(F)(F)F. The van der Waals surface area contributed by atoms with Crippen molar-refractivity contribution in [3.8, 4) is 0 Å². The summed E-state index contributed by atoms with van der Waals surface area (Å²) in [6.07, 6.45) is -4.37. The summed E-state index contributed by atoms with van der Waals surface area (Å²) >= 11 is 3.86. The van der Waals surface area contributed by atoms with E-state index in [1.165, 1.54) is 0 Å². The van der Waals surface area contributed by atoms with E-state index in [-0.39, 0.29) is 0 Å². The molecule has 0 atom stereocenters. The summed E-state index contributed by atoms with van der Waals surface area (Å²) in [5.41, 5.74) is 0. The molecule has 0 bridgehead atoms. The first kappa shape index (κ1) is 7.68. The number of thiocarbonyl (C=S) groups is 1. The van der Waals surface area contributed by atoms with Crippen LogP contribution in [-0.2, 0) is 0 Å². The lowest BCUT2D eigenvalue weighted by atomic mass is 10.6. The number of hydrogen-bond acceptors (Lipinski definition) is 1. The van der Waals surface area contributed by atoms with Crippen molar-refractivity contribution in [1.29, 1.82) is 0 Å². The predicted molar refractivity (Wildman–Crippen MR) is 27.7 cm³/mol. The largest absolute Gasteiger partial charge is 0.441 e.